The summed E-state index contributed by atoms with van der Waals surface area (Å²) in [5.74, 6) is -1.52. The summed E-state index contributed by atoms with van der Waals surface area (Å²) < 4.78 is 38.8. The number of anilines is 1. The van der Waals surface area contributed by atoms with E-state index in [1.54, 1.807) is 19.4 Å². The lowest BCUT2D eigenvalue weighted by Gasteiger charge is -2.29. The van der Waals surface area contributed by atoms with Crippen LogP contribution in [0.2, 0.25) is 0 Å². The van der Waals surface area contributed by atoms with Crippen LogP contribution < -0.4 is 4.90 Å². The van der Waals surface area contributed by atoms with Crippen LogP contribution in [0.5, 0.6) is 0 Å². The Kier molecular flexibility index (Phi) is 5.39. The molecule has 1 saturated heterocycles. The Balaban J connectivity index is 1.33. The summed E-state index contributed by atoms with van der Waals surface area (Å²) in [5.41, 5.74) is 1.89. The van der Waals surface area contributed by atoms with Crippen LogP contribution in [0.25, 0.3) is 21.9 Å². The van der Waals surface area contributed by atoms with Crippen molar-refractivity contribution in [1.82, 2.24) is 24.8 Å². The lowest BCUT2D eigenvalue weighted by molar-refractivity contribution is -0.144. The number of nitrogens with one attached hydrogen (secondary N) is 1. The molecule has 1 aliphatic heterocycles. The van der Waals surface area contributed by atoms with Gasteiger partial charge in [-0.3, -0.25) is 14.8 Å². The number of pyridine rings is 2. The minimum atomic E-state index is -4.60. The molecule has 0 spiro atoms. The number of alkyl halides is 3. The topological polar surface area (TPSA) is 98.2 Å². The maximum atomic E-state index is 13.0. The summed E-state index contributed by atoms with van der Waals surface area (Å²) in [5, 5.41) is 12.2. The van der Waals surface area contributed by atoms with Gasteiger partial charge in [-0.15, -0.1) is 0 Å². The van der Waals surface area contributed by atoms with Crippen LogP contribution in [0.15, 0.2) is 42.7 Å². The fraction of sp³-hybridized carbons (Fsp3) is 0.333. The van der Waals surface area contributed by atoms with Gasteiger partial charge in [-0.05, 0) is 43.7 Å². The molecule has 35 heavy (non-hydrogen) atoms. The first kappa shape index (κ1) is 23.0. The molecular weight excluding hydrogens is 461 g/mol. The largest absolute Gasteiger partial charge is 0.449 e. The van der Waals surface area contributed by atoms with E-state index < -0.39 is 23.5 Å². The minimum absolute atomic E-state index is 0.0669. The molecule has 1 aliphatic rings. The van der Waals surface area contributed by atoms with Crippen molar-refractivity contribution < 1.29 is 23.1 Å². The van der Waals surface area contributed by atoms with Crippen molar-refractivity contribution in [2.24, 2.45) is 0 Å². The first-order chi connectivity index (χ1) is 16.5. The van der Waals surface area contributed by atoms with E-state index in [-0.39, 0.29) is 23.1 Å². The number of aromatic amines is 1. The number of aryl methyl sites for hydroxylation is 1. The molecular formula is C24H23F3N6O2. The number of rotatable bonds is 4. The second kappa shape index (κ2) is 8.19. The molecule has 0 aliphatic carbocycles. The third-order valence-corrected chi connectivity index (χ3v) is 6.26. The highest BCUT2D eigenvalue weighted by Crippen LogP contribution is 2.33. The first-order valence-electron chi connectivity index (χ1n) is 11.0. The smallest absolute Gasteiger partial charge is 0.386 e. The van der Waals surface area contributed by atoms with E-state index in [0.29, 0.717) is 19.5 Å². The Morgan fingerprint density at radius 1 is 1.23 bits per heavy atom. The van der Waals surface area contributed by atoms with Gasteiger partial charge in [0.05, 0.1) is 23.1 Å². The van der Waals surface area contributed by atoms with Gasteiger partial charge in [0, 0.05) is 54.9 Å². The number of aliphatic hydroxyl groups is 1. The SMILES string of the molecule is Cc1cc(N2CC[C@@](O)(CN(C)C(=O)c3ccc4nc(C(F)(F)F)[nH]c4c3)C2)c2cnccc2n1. The van der Waals surface area contributed by atoms with E-state index in [9.17, 15) is 23.1 Å². The number of amides is 1. The van der Waals surface area contributed by atoms with E-state index in [0.717, 1.165) is 22.3 Å². The molecule has 2 N–H and O–H groups in total. The summed E-state index contributed by atoms with van der Waals surface area (Å²) >= 11 is 0. The summed E-state index contributed by atoms with van der Waals surface area (Å²) in [6.45, 7) is 2.88. The number of hydrogen-bond acceptors (Lipinski definition) is 6. The van der Waals surface area contributed by atoms with E-state index in [1.165, 1.54) is 23.1 Å². The molecule has 5 rings (SSSR count). The number of fused-ring (bicyclic) bond motifs is 2. The number of carbonyl (C=O) groups is 1. The van der Waals surface area contributed by atoms with Gasteiger partial charge in [0.15, 0.2) is 0 Å². The number of β-amino-alcohol motifs (C(OH)–C–C–N with tert-alkyl or cyclic N) is 1. The van der Waals surface area contributed by atoms with E-state index >= 15 is 0 Å². The third kappa shape index (κ3) is 4.39. The maximum absolute atomic E-state index is 13.0. The molecule has 0 bridgehead atoms. The van der Waals surface area contributed by atoms with Crippen molar-refractivity contribution in [3.8, 4) is 0 Å². The van der Waals surface area contributed by atoms with E-state index in [4.69, 9.17) is 0 Å². The van der Waals surface area contributed by atoms with Crippen molar-refractivity contribution in [3.05, 3.63) is 59.8 Å². The third-order valence-electron chi connectivity index (χ3n) is 6.26. The van der Waals surface area contributed by atoms with Crippen molar-refractivity contribution in [2.75, 3.05) is 31.6 Å². The first-order valence-corrected chi connectivity index (χ1v) is 11.0. The summed E-state index contributed by atoms with van der Waals surface area (Å²) in [4.78, 5) is 31.0. The Bertz CT molecular complexity index is 1440. The number of nitrogens with zero attached hydrogens (tertiary/aromatic N) is 5. The second-order valence-electron chi connectivity index (χ2n) is 9.05. The van der Waals surface area contributed by atoms with Crippen LogP contribution in [0.3, 0.4) is 0 Å². The van der Waals surface area contributed by atoms with Crippen LogP contribution >= 0.6 is 0 Å². The Hall–Kier alpha value is -3.73. The zero-order valence-corrected chi connectivity index (χ0v) is 19.1. The molecule has 3 aromatic heterocycles. The number of hydrogen-bond donors (Lipinski definition) is 2. The lowest BCUT2D eigenvalue weighted by Crippen LogP contribution is -2.45. The number of H-pyrrole nitrogens is 1. The molecule has 1 amide bonds. The highest BCUT2D eigenvalue weighted by Gasteiger charge is 2.39. The fourth-order valence-electron chi connectivity index (χ4n) is 4.64. The summed E-state index contributed by atoms with van der Waals surface area (Å²) in [6.07, 6.45) is -0.724. The monoisotopic (exact) mass is 484 g/mol. The molecule has 1 fully saturated rings. The molecule has 182 valence electrons. The van der Waals surface area contributed by atoms with Crippen LogP contribution in [0, 0.1) is 6.92 Å². The second-order valence-corrected chi connectivity index (χ2v) is 9.05. The van der Waals surface area contributed by atoms with Gasteiger partial charge in [0.25, 0.3) is 5.91 Å². The quantitative estimate of drug-likeness (QED) is 0.460. The molecule has 1 atom stereocenters. The molecule has 0 saturated carbocycles. The maximum Gasteiger partial charge on any atom is 0.449 e. The van der Waals surface area contributed by atoms with E-state index in [1.807, 2.05) is 19.1 Å². The molecule has 4 aromatic rings. The van der Waals surface area contributed by atoms with Crippen molar-refractivity contribution in [2.45, 2.75) is 25.1 Å². The van der Waals surface area contributed by atoms with Gasteiger partial charge in [-0.2, -0.15) is 13.2 Å². The van der Waals surface area contributed by atoms with E-state index in [2.05, 4.69) is 24.8 Å². The standard InChI is InChI=1S/C24H23F3N6O2/c1-14-9-20(16-11-28-7-5-17(16)29-14)33-8-6-23(35,13-33)12-32(2)21(34)15-3-4-18-19(10-15)31-22(30-18)24(25,26)27/h3-5,7,9-11,35H,6,8,12-13H2,1-2H3,(H,30,31)/t23-/m1/s1. The number of imidazole rings is 1. The molecule has 0 radical (unpaired) electrons. The normalized spacial score (nSPS) is 18.5. The fourth-order valence-corrected chi connectivity index (χ4v) is 4.64. The van der Waals surface area contributed by atoms with Crippen LogP contribution in [0.4, 0.5) is 18.9 Å². The summed E-state index contributed by atoms with van der Waals surface area (Å²) in [7, 11) is 1.57. The highest BCUT2D eigenvalue weighted by molar-refractivity contribution is 5.97. The number of benzene rings is 1. The Morgan fingerprint density at radius 2 is 2.03 bits per heavy atom. The van der Waals surface area contributed by atoms with Crippen molar-refractivity contribution in [3.63, 3.8) is 0 Å². The van der Waals surface area contributed by atoms with Gasteiger partial charge < -0.3 is 19.9 Å². The predicted molar refractivity (Wildman–Crippen MR) is 124 cm³/mol. The van der Waals surface area contributed by atoms with Crippen LogP contribution in [-0.4, -0.2) is 68.1 Å². The van der Waals surface area contributed by atoms with Gasteiger partial charge in [0.2, 0.25) is 5.82 Å². The molecule has 0 unspecified atom stereocenters. The number of carbonyl (C=O) groups excluding carboxylic acids is 1. The highest BCUT2D eigenvalue weighted by atomic mass is 19.4. The zero-order valence-electron chi connectivity index (χ0n) is 19.1. The predicted octanol–water partition coefficient (Wildman–Crippen LogP) is 3.55. The van der Waals surface area contributed by atoms with Gasteiger partial charge in [-0.25, -0.2) is 4.98 Å². The number of halogens is 3. The van der Waals surface area contributed by atoms with Gasteiger partial charge >= 0.3 is 6.18 Å². The molecule has 1 aromatic carbocycles. The summed E-state index contributed by atoms with van der Waals surface area (Å²) in [6, 6.07) is 7.96. The Morgan fingerprint density at radius 3 is 2.80 bits per heavy atom. The average Bonchev–Trinajstić information content (AvgIpc) is 3.41. The minimum Gasteiger partial charge on any atom is -0.386 e. The van der Waals surface area contributed by atoms with Crippen LogP contribution in [0.1, 0.15) is 28.3 Å². The zero-order chi connectivity index (χ0) is 25.0. The lowest BCUT2D eigenvalue weighted by atomic mass is 10.0. The Labute approximate surface area is 198 Å². The molecule has 11 heteroatoms. The number of likely N-dealkylation sites (N-methyl/N-ethyl adjacent to an activating group) is 1. The average molecular weight is 484 g/mol. The molecule has 4 heterocycles. The van der Waals surface area contributed by atoms with Gasteiger partial charge in [0.1, 0.15) is 5.60 Å². The molecule has 8 nitrogen and oxygen atoms in total. The number of aromatic nitrogens is 4. The van der Waals surface area contributed by atoms with Crippen molar-refractivity contribution in [1.29, 1.82) is 0 Å². The van der Waals surface area contributed by atoms with Crippen LogP contribution in [-0.2, 0) is 6.18 Å². The van der Waals surface area contributed by atoms with Crippen molar-refractivity contribution >= 4 is 33.5 Å². The van der Waals surface area contributed by atoms with Gasteiger partial charge in [-0.1, -0.05) is 0 Å².